The molecule has 0 spiro atoms. The standard InChI is InChI=1S/C11H10F3N.C9H8N2O.K/c1-8(15-2)6-9-4-3-5-10(7-9)11(12,13)14;12-6-11-8-1-2-9-7(5-8)3-4-10-9;/h3,5-7,15H,1H2,2H3;1-6,10H,(H,11,12);/q-2;;+1/b8-6+;;. The van der Waals surface area contributed by atoms with E-state index in [4.69, 9.17) is 0 Å². The number of anilines is 1. The van der Waals surface area contributed by atoms with E-state index >= 15 is 0 Å². The number of carbonyl (C=O) groups excluding carboxylic acids is 1. The minimum Gasteiger partial charge on any atom is -0.412 e. The number of allylic oxidation sites excluding steroid dienone is 1. The summed E-state index contributed by atoms with van der Waals surface area (Å²) in [5.41, 5.74) is 2.09. The minimum atomic E-state index is -4.32. The molecule has 1 heterocycles. The SMILES string of the molecule is O=CNc1ccc2[nH]ccc2c1.[CH2-]/C(=C\c1[c-]ccc(C(F)(F)F)c1)NC.[K+]. The number of hydrogen-bond donors (Lipinski definition) is 3. The van der Waals surface area contributed by atoms with Gasteiger partial charge >= 0.3 is 57.6 Å². The van der Waals surface area contributed by atoms with Crippen molar-refractivity contribution in [1.82, 2.24) is 10.3 Å². The molecule has 0 radical (unpaired) electrons. The first-order valence-electron chi connectivity index (χ1n) is 7.91. The number of alkyl halides is 3. The number of aromatic nitrogens is 1. The predicted molar refractivity (Wildman–Crippen MR) is 101 cm³/mol. The Kier molecular flexibility index (Phi) is 9.84. The van der Waals surface area contributed by atoms with Crippen LogP contribution in [0.25, 0.3) is 17.0 Å². The first-order valence-corrected chi connectivity index (χ1v) is 7.91. The Morgan fingerprint density at radius 2 is 1.96 bits per heavy atom. The van der Waals surface area contributed by atoms with Crippen molar-refractivity contribution in [3.63, 3.8) is 0 Å². The molecule has 4 nitrogen and oxygen atoms in total. The summed E-state index contributed by atoms with van der Waals surface area (Å²) in [6.07, 6.45) is -0.281. The van der Waals surface area contributed by atoms with E-state index in [2.05, 4.69) is 28.6 Å². The van der Waals surface area contributed by atoms with E-state index in [1.165, 1.54) is 12.1 Å². The fraction of sp³-hybridized carbons (Fsp3) is 0.100. The maximum atomic E-state index is 12.3. The van der Waals surface area contributed by atoms with Gasteiger partial charge in [0.25, 0.3) is 0 Å². The fourth-order valence-electron chi connectivity index (χ4n) is 2.22. The molecule has 1 amide bonds. The Morgan fingerprint density at radius 1 is 1.21 bits per heavy atom. The fourth-order valence-corrected chi connectivity index (χ4v) is 2.22. The molecule has 0 atom stereocenters. The van der Waals surface area contributed by atoms with E-state index in [1.54, 1.807) is 7.05 Å². The van der Waals surface area contributed by atoms with Gasteiger partial charge in [-0.1, -0.05) is 5.70 Å². The van der Waals surface area contributed by atoms with E-state index in [0.717, 1.165) is 28.7 Å². The summed E-state index contributed by atoms with van der Waals surface area (Å²) in [4.78, 5) is 13.2. The number of H-pyrrole nitrogens is 1. The molecule has 0 unspecified atom stereocenters. The van der Waals surface area contributed by atoms with Crippen LogP contribution >= 0.6 is 0 Å². The van der Waals surface area contributed by atoms with Crippen molar-refractivity contribution in [2.75, 3.05) is 12.4 Å². The first-order chi connectivity index (χ1) is 12.8. The Bertz CT molecular complexity index is 936. The van der Waals surface area contributed by atoms with Crippen LogP contribution in [0.1, 0.15) is 11.1 Å². The topological polar surface area (TPSA) is 56.9 Å². The van der Waals surface area contributed by atoms with Crippen LogP contribution in [0.4, 0.5) is 18.9 Å². The van der Waals surface area contributed by atoms with Crippen LogP contribution in [0, 0.1) is 13.0 Å². The number of halogens is 3. The van der Waals surface area contributed by atoms with Crippen molar-refractivity contribution in [2.45, 2.75) is 6.18 Å². The van der Waals surface area contributed by atoms with Crippen LogP contribution in [0.3, 0.4) is 0 Å². The van der Waals surface area contributed by atoms with Gasteiger partial charge < -0.3 is 15.6 Å². The number of fused-ring (bicyclic) bond motifs is 1. The molecule has 8 heteroatoms. The van der Waals surface area contributed by atoms with Gasteiger partial charge in [0.2, 0.25) is 6.41 Å². The molecule has 28 heavy (non-hydrogen) atoms. The molecule has 142 valence electrons. The molecule has 0 bridgehead atoms. The van der Waals surface area contributed by atoms with E-state index in [1.807, 2.05) is 30.5 Å². The number of benzene rings is 2. The number of carbonyl (C=O) groups is 1. The molecular formula is C20H18F3KN3O-. The smallest absolute Gasteiger partial charge is 0.412 e. The second-order valence-corrected chi connectivity index (χ2v) is 5.49. The van der Waals surface area contributed by atoms with Crippen LogP contribution in [-0.2, 0) is 11.0 Å². The van der Waals surface area contributed by atoms with Crippen molar-refractivity contribution in [3.8, 4) is 0 Å². The molecule has 1 aromatic heterocycles. The molecule has 3 rings (SSSR count). The normalized spacial score (nSPS) is 11.1. The zero-order valence-corrected chi connectivity index (χ0v) is 18.6. The average Bonchev–Trinajstić information content (AvgIpc) is 3.10. The van der Waals surface area contributed by atoms with Crippen molar-refractivity contribution in [2.24, 2.45) is 0 Å². The molecule has 0 fully saturated rings. The van der Waals surface area contributed by atoms with Gasteiger partial charge in [0, 0.05) is 29.8 Å². The molecule has 0 aliphatic carbocycles. The molecule has 2 aromatic carbocycles. The molecule has 0 aliphatic heterocycles. The van der Waals surface area contributed by atoms with E-state index in [-0.39, 0.29) is 51.4 Å². The van der Waals surface area contributed by atoms with Crippen LogP contribution in [0.15, 0.2) is 54.4 Å². The third-order valence-corrected chi connectivity index (χ3v) is 3.58. The van der Waals surface area contributed by atoms with Crippen LogP contribution in [-0.4, -0.2) is 18.4 Å². The maximum Gasteiger partial charge on any atom is 1.00 e. The van der Waals surface area contributed by atoms with Crippen molar-refractivity contribution in [3.05, 3.63) is 78.5 Å². The number of nitrogens with one attached hydrogen (secondary N) is 3. The van der Waals surface area contributed by atoms with Gasteiger partial charge in [-0.2, -0.15) is 13.2 Å². The predicted octanol–water partition coefficient (Wildman–Crippen LogP) is 1.64. The van der Waals surface area contributed by atoms with Gasteiger partial charge in [0.15, 0.2) is 0 Å². The summed E-state index contributed by atoms with van der Waals surface area (Å²) in [6.45, 7) is 3.59. The summed E-state index contributed by atoms with van der Waals surface area (Å²) in [6, 6.07) is 13.6. The summed E-state index contributed by atoms with van der Waals surface area (Å²) in [5, 5.41) is 6.41. The van der Waals surface area contributed by atoms with Crippen LogP contribution in [0.2, 0.25) is 0 Å². The zero-order valence-electron chi connectivity index (χ0n) is 15.5. The van der Waals surface area contributed by atoms with Crippen LogP contribution in [0.5, 0.6) is 0 Å². The second-order valence-electron chi connectivity index (χ2n) is 5.49. The zero-order chi connectivity index (χ0) is 19.9. The van der Waals surface area contributed by atoms with Gasteiger partial charge in [-0.3, -0.25) is 4.79 Å². The number of hydrogen-bond acceptors (Lipinski definition) is 2. The van der Waals surface area contributed by atoms with Gasteiger partial charge in [-0.15, -0.1) is 35.9 Å². The molecule has 0 aliphatic rings. The molecule has 0 saturated heterocycles. The van der Waals surface area contributed by atoms with Gasteiger partial charge in [-0.05, 0) is 29.8 Å². The summed E-state index contributed by atoms with van der Waals surface area (Å²) < 4.78 is 37.0. The molecule has 3 aromatic rings. The largest absolute Gasteiger partial charge is 1.00 e. The van der Waals surface area contributed by atoms with E-state index in [0.29, 0.717) is 17.7 Å². The van der Waals surface area contributed by atoms with Crippen molar-refractivity contribution < 1.29 is 69.4 Å². The van der Waals surface area contributed by atoms with E-state index < -0.39 is 11.7 Å². The summed E-state index contributed by atoms with van der Waals surface area (Å²) in [5.74, 6) is 0. The Morgan fingerprint density at radius 3 is 2.61 bits per heavy atom. The summed E-state index contributed by atoms with van der Waals surface area (Å²) in [7, 11) is 1.65. The third-order valence-electron chi connectivity index (χ3n) is 3.58. The number of amides is 1. The number of aromatic amines is 1. The second kappa shape index (κ2) is 11.3. The van der Waals surface area contributed by atoms with Crippen molar-refractivity contribution in [1.29, 1.82) is 0 Å². The van der Waals surface area contributed by atoms with E-state index in [9.17, 15) is 18.0 Å². The Hall–Kier alpha value is -1.71. The Labute approximate surface area is 204 Å². The van der Waals surface area contributed by atoms with Crippen molar-refractivity contribution >= 4 is 29.1 Å². The average molecular weight is 412 g/mol. The Balaban J connectivity index is 0.000000275. The molecule has 0 saturated carbocycles. The minimum absolute atomic E-state index is 0. The summed E-state index contributed by atoms with van der Waals surface area (Å²) >= 11 is 0. The maximum absolute atomic E-state index is 12.3. The molecular weight excluding hydrogens is 394 g/mol. The van der Waals surface area contributed by atoms with Gasteiger partial charge in [0.1, 0.15) is 0 Å². The monoisotopic (exact) mass is 412 g/mol. The molecule has 3 N–H and O–H groups in total. The number of rotatable bonds is 4. The van der Waals surface area contributed by atoms with Gasteiger partial charge in [0.05, 0.1) is 0 Å². The van der Waals surface area contributed by atoms with Gasteiger partial charge in [-0.25, -0.2) is 6.92 Å². The van der Waals surface area contributed by atoms with Crippen LogP contribution < -0.4 is 62.0 Å². The quantitative estimate of drug-likeness (QED) is 0.347. The third kappa shape index (κ3) is 7.36. The first kappa shape index (κ1) is 24.3.